The molecule has 0 radical (unpaired) electrons. The van der Waals surface area contributed by atoms with Gasteiger partial charge in [0, 0.05) is 31.7 Å². The predicted molar refractivity (Wildman–Crippen MR) is 154 cm³/mol. The number of amides is 2. The van der Waals surface area contributed by atoms with E-state index in [1.165, 1.54) is 11.1 Å². The quantitative estimate of drug-likeness (QED) is 0.174. The molecule has 0 spiro atoms. The standard InChI is InChI=1S/C31H50N2O4/c1-9-14-15-19-26-22-28(36-30(34)32(10-2)11-3)27(21-20-25(8)18-16-17-24(6)7)29(23-26)37-31(35)33(12-4)13-5/h17,20,22-23H,9-16,18-19,21H2,1-8H3/b25-20-. The minimum atomic E-state index is -0.387. The lowest BCUT2D eigenvalue weighted by Crippen LogP contribution is -2.34. The number of benzene rings is 1. The number of carbonyl (C=O) groups excluding carboxylic acids is 2. The predicted octanol–water partition coefficient (Wildman–Crippen LogP) is 8.34. The van der Waals surface area contributed by atoms with Crippen molar-refractivity contribution >= 4 is 12.2 Å². The van der Waals surface area contributed by atoms with E-state index in [1.54, 1.807) is 9.80 Å². The van der Waals surface area contributed by atoms with Crippen molar-refractivity contribution in [2.24, 2.45) is 0 Å². The molecule has 6 nitrogen and oxygen atoms in total. The van der Waals surface area contributed by atoms with Gasteiger partial charge in [0.25, 0.3) is 0 Å². The van der Waals surface area contributed by atoms with Gasteiger partial charge in [-0.3, -0.25) is 0 Å². The maximum atomic E-state index is 12.9. The number of unbranched alkanes of at least 4 members (excludes halogenated alkanes) is 2. The summed E-state index contributed by atoms with van der Waals surface area (Å²) in [6, 6.07) is 3.90. The van der Waals surface area contributed by atoms with E-state index in [2.05, 4.69) is 39.8 Å². The second-order valence-electron chi connectivity index (χ2n) is 9.68. The number of rotatable bonds is 15. The molecule has 0 saturated heterocycles. The van der Waals surface area contributed by atoms with Gasteiger partial charge in [0.15, 0.2) is 0 Å². The van der Waals surface area contributed by atoms with Crippen LogP contribution in [-0.2, 0) is 12.8 Å². The van der Waals surface area contributed by atoms with E-state index in [4.69, 9.17) is 9.47 Å². The van der Waals surface area contributed by atoms with Crippen molar-refractivity contribution in [2.75, 3.05) is 26.2 Å². The summed E-state index contributed by atoms with van der Waals surface area (Å²) in [5.74, 6) is 0.947. The van der Waals surface area contributed by atoms with Gasteiger partial charge < -0.3 is 19.3 Å². The third kappa shape index (κ3) is 11.4. The summed E-state index contributed by atoms with van der Waals surface area (Å²) in [6.45, 7) is 18.5. The number of ether oxygens (including phenoxy) is 2. The van der Waals surface area contributed by atoms with Gasteiger partial charge in [0.05, 0.1) is 0 Å². The summed E-state index contributed by atoms with van der Waals surface area (Å²) in [5.41, 5.74) is 4.28. The summed E-state index contributed by atoms with van der Waals surface area (Å²) >= 11 is 0. The Labute approximate surface area is 225 Å². The summed E-state index contributed by atoms with van der Waals surface area (Å²) in [6.07, 6.45) is 10.1. The topological polar surface area (TPSA) is 59.1 Å². The molecule has 1 aromatic rings. The third-order valence-corrected chi connectivity index (χ3v) is 6.48. The normalized spacial score (nSPS) is 11.2. The van der Waals surface area contributed by atoms with Crippen LogP contribution in [0.2, 0.25) is 0 Å². The number of hydrogen-bond donors (Lipinski definition) is 0. The van der Waals surface area contributed by atoms with Crippen molar-refractivity contribution in [3.05, 3.63) is 46.6 Å². The van der Waals surface area contributed by atoms with Crippen molar-refractivity contribution in [1.82, 2.24) is 9.80 Å². The lowest BCUT2D eigenvalue weighted by atomic mass is 10.00. The van der Waals surface area contributed by atoms with Gasteiger partial charge in [0.1, 0.15) is 11.5 Å². The SMILES string of the molecule is CCCCCc1cc(OC(=O)N(CC)CC)c(C/C=C(/C)CCC=C(C)C)c(OC(=O)N(CC)CC)c1. The minimum Gasteiger partial charge on any atom is -0.410 e. The van der Waals surface area contributed by atoms with E-state index in [0.717, 1.165) is 49.7 Å². The van der Waals surface area contributed by atoms with Gasteiger partial charge in [-0.1, -0.05) is 43.1 Å². The Kier molecular flexibility index (Phi) is 15.4. The van der Waals surface area contributed by atoms with E-state index in [-0.39, 0.29) is 12.2 Å². The average Bonchev–Trinajstić information content (AvgIpc) is 2.85. The Balaban J connectivity index is 3.50. The van der Waals surface area contributed by atoms with Gasteiger partial charge >= 0.3 is 12.2 Å². The molecule has 208 valence electrons. The first-order valence-corrected chi connectivity index (χ1v) is 14.1. The second-order valence-corrected chi connectivity index (χ2v) is 9.68. The molecule has 0 aliphatic heterocycles. The maximum Gasteiger partial charge on any atom is 0.415 e. The lowest BCUT2D eigenvalue weighted by molar-refractivity contribution is 0.154. The Morgan fingerprint density at radius 1 is 0.784 bits per heavy atom. The van der Waals surface area contributed by atoms with Gasteiger partial charge in [0.2, 0.25) is 0 Å². The van der Waals surface area contributed by atoms with Crippen molar-refractivity contribution in [3.63, 3.8) is 0 Å². The Bertz CT molecular complexity index is 861. The van der Waals surface area contributed by atoms with Crippen molar-refractivity contribution < 1.29 is 19.1 Å². The van der Waals surface area contributed by atoms with E-state index >= 15 is 0 Å². The minimum absolute atomic E-state index is 0.387. The van der Waals surface area contributed by atoms with Crippen molar-refractivity contribution in [3.8, 4) is 11.5 Å². The van der Waals surface area contributed by atoms with Gasteiger partial charge in [-0.2, -0.15) is 0 Å². The first-order valence-electron chi connectivity index (χ1n) is 14.1. The molecule has 0 atom stereocenters. The zero-order chi connectivity index (χ0) is 27.8. The molecule has 0 heterocycles. The molecule has 0 fully saturated rings. The summed E-state index contributed by atoms with van der Waals surface area (Å²) in [7, 11) is 0. The number of aryl methyl sites for hydroxylation is 1. The molecule has 2 amide bonds. The first kappa shape index (κ1) is 32.3. The summed E-state index contributed by atoms with van der Waals surface area (Å²) in [4.78, 5) is 29.2. The molecule has 37 heavy (non-hydrogen) atoms. The Morgan fingerprint density at radius 2 is 1.30 bits per heavy atom. The zero-order valence-electron chi connectivity index (χ0n) is 24.6. The van der Waals surface area contributed by atoms with E-state index in [9.17, 15) is 9.59 Å². The fourth-order valence-electron chi connectivity index (χ4n) is 4.03. The van der Waals surface area contributed by atoms with Crippen LogP contribution >= 0.6 is 0 Å². The third-order valence-electron chi connectivity index (χ3n) is 6.48. The fourth-order valence-corrected chi connectivity index (χ4v) is 4.03. The largest absolute Gasteiger partial charge is 0.415 e. The van der Waals surface area contributed by atoms with Crippen LogP contribution in [0.1, 0.15) is 98.6 Å². The highest BCUT2D eigenvalue weighted by molar-refractivity contribution is 5.74. The average molecular weight is 515 g/mol. The van der Waals surface area contributed by atoms with Crippen molar-refractivity contribution in [2.45, 2.75) is 100 Å². The molecule has 0 unspecified atom stereocenters. The highest BCUT2D eigenvalue weighted by atomic mass is 16.6. The monoisotopic (exact) mass is 514 g/mol. The summed E-state index contributed by atoms with van der Waals surface area (Å²) < 4.78 is 11.9. The smallest absolute Gasteiger partial charge is 0.410 e. The molecular formula is C31H50N2O4. The number of allylic oxidation sites excluding steroid dienone is 4. The molecule has 0 saturated carbocycles. The summed E-state index contributed by atoms with van der Waals surface area (Å²) in [5, 5.41) is 0. The van der Waals surface area contributed by atoms with Gasteiger partial charge in [-0.25, -0.2) is 9.59 Å². The molecule has 1 rings (SSSR count). The van der Waals surface area contributed by atoms with Crippen molar-refractivity contribution in [1.29, 1.82) is 0 Å². The second kappa shape index (κ2) is 17.7. The van der Waals surface area contributed by atoms with E-state index in [0.29, 0.717) is 44.1 Å². The molecule has 0 aliphatic carbocycles. The van der Waals surface area contributed by atoms with Crippen LogP contribution in [0.5, 0.6) is 11.5 Å². The molecule has 0 bridgehead atoms. The van der Waals surface area contributed by atoms with Gasteiger partial charge in [-0.15, -0.1) is 0 Å². The number of nitrogens with zero attached hydrogens (tertiary/aromatic N) is 2. The molecule has 0 aromatic heterocycles. The molecule has 0 aliphatic rings. The highest BCUT2D eigenvalue weighted by Crippen LogP contribution is 2.34. The van der Waals surface area contributed by atoms with Crippen LogP contribution in [0.15, 0.2) is 35.4 Å². The van der Waals surface area contributed by atoms with E-state index < -0.39 is 0 Å². The van der Waals surface area contributed by atoms with Crippen LogP contribution in [-0.4, -0.2) is 48.2 Å². The fraction of sp³-hybridized carbons (Fsp3) is 0.613. The van der Waals surface area contributed by atoms with Crippen LogP contribution in [0.25, 0.3) is 0 Å². The lowest BCUT2D eigenvalue weighted by Gasteiger charge is -2.22. The molecule has 6 heteroatoms. The first-order chi connectivity index (χ1) is 17.7. The highest BCUT2D eigenvalue weighted by Gasteiger charge is 2.21. The number of hydrogen-bond acceptors (Lipinski definition) is 4. The van der Waals surface area contributed by atoms with Crippen LogP contribution in [0.4, 0.5) is 9.59 Å². The molecule has 1 aromatic carbocycles. The molecular weight excluding hydrogens is 464 g/mol. The van der Waals surface area contributed by atoms with Crippen LogP contribution < -0.4 is 9.47 Å². The van der Waals surface area contributed by atoms with E-state index in [1.807, 2.05) is 39.8 Å². The Morgan fingerprint density at radius 3 is 1.73 bits per heavy atom. The maximum absolute atomic E-state index is 12.9. The molecule has 0 N–H and O–H groups in total. The number of carbonyl (C=O) groups is 2. The zero-order valence-corrected chi connectivity index (χ0v) is 24.6. The van der Waals surface area contributed by atoms with Gasteiger partial charge in [-0.05, 0) is 98.3 Å². The van der Waals surface area contributed by atoms with Crippen LogP contribution in [0, 0.1) is 0 Å². The van der Waals surface area contributed by atoms with Crippen LogP contribution in [0.3, 0.4) is 0 Å². The Hall–Kier alpha value is -2.76.